The van der Waals surface area contributed by atoms with Crippen molar-refractivity contribution in [2.24, 2.45) is 5.92 Å². The Labute approximate surface area is 190 Å². The van der Waals surface area contributed by atoms with E-state index in [9.17, 15) is 9.59 Å². The summed E-state index contributed by atoms with van der Waals surface area (Å²) in [5.41, 5.74) is 2.23. The molecule has 2 aliphatic rings. The van der Waals surface area contributed by atoms with Crippen molar-refractivity contribution in [3.63, 3.8) is 0 Å². The molecule has 2 aromatic rings. The van der Waals surface area contributed by atoms with E-state index in [1.165, 1.54) is 0 Å². The molecule has 1 atom stereocenters. The molecule has 0 unspecified atom stereocenters. The lowest BCUT2D eigenvalue weighted by Gasteiger charge is -2.36. The molecule has 1 N–H and O–H groups in total. The van der Waals surface area contributed by atoms with Crippen LogP contribution in [-0.4, -0.2) is 64.8 Å². The van der Waals surface area contributed by atoms with Crippen LogP contribution in [0.15, 0.2) is 36.5 Å². The van der Waals surface area contributed by atoms with E-state index in [4.69, 9.17) is 0 Å². The summed E-state index contributed by atoms with van der Waals surface area (Å²) >= 11 is 0. The lowest BCUT2D eigenvalue weighted by atomic mass is 9.92. The van der Waals surface area contributed by atoms with Gasteiger partial charge in [0.05, 0.1) is 11.3 Å². The maximum atomic E-state index is 13.0. The second kappa shape index (κ2) is 10.2. The molecule has 1 aromatic carbocycles. The molecule has 7 heteroatoms. The minimum atomic E-state index is -0.166. The molecule has 170 valence electrons. The molecule has 4 rings (SSSR count). The third kappa shape index (κ3) is 5.33. The number of carbonyl (C=O) groups is 2. The number of aromatic nitrogens is 2. The molecule has 0 aliphatic carbocycles. The van der Waals surface area contributed by atoms with Gasteiger partial charge < -0.3 is 15.1 Å². The van der Waals surface area contributed by atoms with E-state index in [1.54, 1.807) is 6.20 Å². The first-order valence-corrected chi connectivity index (χ1v) is 11.6. The highest BCUT2D eigenvalue weighted by atomic mass is 16.2. The average Bonchev–Trinajstić information content (AvgIpc) is 2.83. The molecule has 2 fully saturated rings. The van der Waals surface area contributed by atoms with Crippen LogP contribution in [-0.2, 0) is 11.3 Å². The maximum Gasteiger partial charge on any atom is 0.254 e. The monoisotopic (exact) mass is 435 g/mol. The van der Waals surface area contributed by atoms with Crippen LogP contribution in [0.4, 0.5) is 0 Å². The number of carbonyl (C=O) groups excluding carboxylic acids is 2. The standard InChI is InChI=1S/C25H33N5O2/c1-18-22(24(31)27-15-19-7-4-3-5-8-19)16-26-23(28-18)21-9-6-12-30(17-21)25(32)20-10-13-29(2)14-11-20/h3-5,7-8,16,20-21H,6,9-15,17H2,1-2H3,(H,27,31)/t21-/m1/s1. The fraction of sp³-hybridized carbons (Fsp3) is 0.520. The summed E-state index contributed by atoms with van der Waals surface area (Å²) < 4.78 is 0. The van der Waals surface area contributed by atoms with Crippen LogP contribution in [0.5, 0.6) is 0 Å². The van der Waals surface area contributed by atoms with E-state index in [2.05, 4.69) is 27.2 Å². The molecule has 7 nitrogen and oxygen atoms in total. The highest BCUT2D eigenvalue weighted by Crippen LogP contribution is 2.28. The van der Waals surface area contributed by atoms with E-state index in [-0.39, 0.29) is 23.7 Å². The first-order chi connectivity index (χ1) is 15.5. The third-order valence-corrected chi connectivity index (χ3v) is 6.70. The van der Waals surface area contributed by atoms with Crippen molar-refractivity contribution in [3.8, 4) is 0 Å². The van der Waals surface area contributed by atoms with Gasteiger partial charge in [-0.1, -0.05) is 30.3 Å². The molecule has 0 saturated carbocycles. The number of nitrogens with zero attached hydrogens (tertiary/aromatic N) is 4. The predicted molar refractivity (Wildman–Crippen MR) is 123 cm³/mol. The summed E-state index contributed by atoms with van der Waals surface area (Å²) in [4.78, 5) is 39.2. The van der Waals surface area contributed by atoms with Crippen molar-refractivity contribution in [2.45, 2.75) is 45.1 Å². The number of nitrogens with one attached hydrogen (secondary N) is 1. The van der Waals surface area contributed by atoms with Crippen molar-refractivity contribution < 1.29 is 9.59 Å². The minimum absolute atomic E-state index is 0.124. The van der Waals surface area contributed by atoms with Gasteiger partial charge in [-0.2, -0.15) is 0 Å². The molecular weight excluding hydrogens is 402 g/mol. The lowest BCUT2D eigenvalue weighted by molar-refractivity contribution is -0.138. The lowest BCUT2D eigenvalue weighted by Crippen LogP contribution is -2.45. The highest BCUT2D eigenvalue weighted by molar-refractivity contribution is 5.94. The Morgan fingerprint density at radius 1 is 1.09 bits per heavy atom. The first kappa shape index (κ1) is 22.4. The molecule has 3 heterocycles. The Kier molecular flexibility index (Phi) is 7.15. The Balaban J connectivity index is 1.37. The summed E-state index contributed by atoms with van der Waals surface area (Å²) in [6.07, 6.45) is 5.45. The number of piperidine rings is 2. The van der Waals surface area contributed by atoms with Crippen molar-refractivity contribution in [2.75, 3.05) is 33.2 Å². The predicted octanol–water partition coefficient (Wildman–Crippen LogP) is 2.76. The zero-order valence-corrected chi connectivity index (χ0v) is 19.1. The zero-order valence-electron chi connectivity index (χ0n) is 19.1. The van der Waals surface area contributed by atoms with E-state index < -0.39 is 0 Å². The van der Waals surface area contributed by atoms with Crippen LogP contribution in [0.25, 0.3) is 0 Å². The Morgan fingerprint density at radius 3 is 2.56 bits per heavy atom. The molecular formula is C25H33N5O2. The molecule has 0 radical (unpaired) electrons. The molecule has 2 amide bonds. The van der Waals surface area contributed by atoms with Gasteiger partial charge in [0.15, 0.2) is 0 Å². The van der Waals surface area contributed by atoms with Crippen LogP contribution in [0.3, 0.4) is 0 Å². The second-order valence-corrected chi connectivity index (χ2v) is 9.10. The number of hydrogen-bond donors (Lipinski definition) is 1. The molecule has 1 aromatic heterocycles. The van der Waals surface area contributed by atoms with Gasteiger partial charge in [0.25, 0.3) is 5.91 Å². The summed E-state index contributed by atoms with van der Waals surface area (Å²) in [5, 5.41) is 2.94. The number of likely N-dealkylation sites (tertiary alicyclic amines) is 2. The topological polar surface area (TPSA) is 78.4 Å². The number of aryl methyl sites for hydroxylation is 1. The van der Waals surface area contributed by atoms with Gasteiger partial charge in [-0.15, -0.1) is 0 Å². The Morgan fingerprint density at radius 2 is 1.84 bits per heavy atom. The molecule has 32 heavy (non-hydrogen) atoms. The maximum absolute atomic E-state index is 13.0. The van der Waals surface area contributed by atoms with Crippen molar-refractivity contribution in [1.29, 1.82) is 0 Å². The summed E-state index contributed by atoms with van der Waals surface area (Å²) in [7, 11) is 2.11. The number of benzene rings is 1. The second-order valence-electron chi connectivity index (χ2n) is 9.10. The van der Waals surface area contributed by atoms with E-state index in [0.717, 1.165) is 56.7 Å². The minimum Gasteiger partial charge on any atom is -0.348 e. The van der Waals surface area contributed by atoms with Crippen LogP contribution in [0.2, 0.25) is 0 Å². The van der Waals surface area contributed by atoms with Crippen LogP contribution < -0.4 is 5.32 Å². The van der Waals surface area contributed by atoms with Gasteiger partial charge in [0.1, 0.15) is 5.82 Å². The summed E-state index contributed by atoms with van der Waals surface area (Å²) in [6, 6.07) is 9.82. The van der Waals surface area contributed by atoms with Gasteiger partial charge in [-0.05, 0) is 58.3 Å². The Hall–Kier alpha value is -2.80. The number of rotatable bonds is 5. The summed E-state index contributed by atoms with van der Waals surface area (Å²) in [5.74, 6) is 1.13. The largest absolute Gasteiger partial charge is 0.348 e. The first-order valence-electron chi connectivity index (χ1n) is 11.6. The van der Waals surface area contributed by atoms with E-state index in [0.29, 0.717) is 24.3 Å². The molecule has 2 saturated heterocycles. The summed E-state index contributed by atoms with van der Waals surface area (Å²) in [6.45, 7) is 5.79. The molecule has 0 bridgehead atoms. The van der Waals surface area contributed by atoms with Gasteiger partial charge >= 0.3 is 0 Å². The quantitative estimate of drug-likeness (QED) is 0.781. The molecule has 0 spiro atoms. The van der Waals surface area contributed by atoms with E-state index >= 15 is 0 Å². The van der Waals surface area contributed by atoms with Gasteiger partial charge in [-0.3, -0.25) is 9.59 Å². The van der Waals surface area contributed by atoms with Crippen molar-refractivity contribution in [3.05, 3.63) is 59.2 Å². The van der Waals surface area contributed by atoms with Crippen LogP contribution >= 0.6 is 0 Å². The molecule has 2 aliphatic heterocycles. The van der Waals surface area contributed by atoms with Crippen molar-refractivity contribution in [1.82, 2.24) is 25.1 Å². The van der Waals surface area contributed by atoms with Crippen molar-refractivity contribution >= 4 is 11.8 Å². The third-order valence-electron chi connectivity index (χ3n) is 6.70. The van der Waals surface area contributed by atoms with Crippen LogP contribution in [0.1, 0.15) is 59.0 Å². The number of hydrogen-bond acceptors (Lipinski definition) is 5. The SMILES string of the molecule is Cc1nc([C@@H]2CCCN(C(=O)C3CCN(C)CC3)C2)ncc1C(=O)NCc1ccccc1. The fourth-order valence-corrected chi connectivity index (χ4v) is 4.68. The highest BCUT2D eigenvalue weighted by Gasteiger charge is 2.32. The van der Waals surface area contributed by atoms with Gasteiger partial charge in [0, 0.05) is 37.7 Å². The van der Waals surface area contributed by atoms with E-state index in [1.807, 2.05) is 42.2 Å². The Bertz CT molecular complexity index is 941. The number of amides is 2. The fourth-order valence-electron chi connectivity index (χ4n) is 4.68. The average molecular weight is 436 g/mol. The van der Waals surface area contributed by atoms with Gasteiger partial charge in [-0.25, -0.2) is 9.97 Å². The zero-order chi connectivity index (χ0) is 22.5. The smallest absolute Gasteiger partial charge is 0.254 e. The van der Waals surface area contributed by atoms with Gasteiger partial charge in [0.2, 0.25) is 5.91 Å². The normalized spacial score (nSPS) is 20.2. The van der Waals surface area contributed by atoms with Crippen LogP contribution in [0, 0.1) is 12.8 Å².